The van der Waals surface area contributed by atoms with Gasteiger partial charge in [0, 0.05) is 41.8 Å². The Balaban J connectivity index is 1.46. The molecule has 0 fully saturated rings. The zero-order valence-electron chi connectivity index (χ0n) is 17.8. The molecule has 0 radical (unpaired) electrons. The first-order chi connectivity index (χ1) is 16.7. The number of para-hydroxylation sites is 1. The van der Waals surface area contributed by atoms with Crippen molar-refractivity contribution in [3.05, 3.63) is 71.4 Å². The lowest BCUT2D eigenvalue weighted by Crippen LogP contribution is -2.34. The van der Waals surface area contributed by atoms with E-state index in [4.69, 9.17) is 9.97 Å². The van der Waals surface area contributed by atoms with Gasteiger partial charge in [-0.05, 0) is 17.5 Å². The van der Waals surface area contributed by atoms with Crippen LogP contribution in [0.25, 0.3) is 32.3 Å². The van der Waals surface area contributed by atoms with Gasteiger partial charge in [0.15, 0.2) is 0 Å². The van der Waals surface area contributed by atoms with Crippen LogP contribution < -0.4 is 10.2 Å². The van der Waals surface area contributed by atoms with E-state index in [1.54, 1.807) is 17.5 Å². The number of rotatable bonds is 3. The summed E-state index contributed by atoms with van der Waals surface area (Å²) in [5.74, 6) is -0.343. The molecule has 1 aromatic carbocycles. The van der Waals surface area contributed by atoms with E-state index in [2.05, 4.69) is 24.8 Å². The number of H-pyrrole nitrogens is 1. The summed E-state index contributed by atoms with van der Waals surface area (Å²) in [5, 5.41) is 6.08. The van der Waals surface area contributed by atoms with Crippen molar-refractivity contribution in [2.75, 3.05) is 11.4 Å². The Morgan fingerprint density at radius 1 is 0.971 bits per heavy atom. The molecule has 2 aliphatic rings. The third-order valence-corrected chi connectivity index (χ3v) is 7.22. The molecule has 2 aliphatic heterocycles. The molecule has 0 unspecified atom stereocenters. The second-order valence-electron chi connectivity index (χ2n) is 8.29. The number of hydrogen-bond acceptors (Lipinski definition) is 7. The fourth-order valence-corrected chi connectivity index (χ4v) is 5.52. The smallest absolute Gasteiger partial charge is 0.261 e. The maximum Gasteiger partial charge on any atom is 0.261 e. The third-order valence-electron chi connectivity index (χ3n) is 6.38. The topological polar surface area (TPSA) is 109 Å². The van der Waals surface area contributed by atoms with E-state index in [0.717, 1.165) is 33.4 Å². The monoisotopic (exact) mass is 467 g/mol. The number of hydrogen-bond donors (Lipinski definition) is 2. The van der Waals surface area contributed by atoms with Gasteiger partial charge >= 0.3 is 0 Å². The van der Waals surface area contributed by atoms with Crippen molar-refractivity contribution in [1.29, 1.82) is 0 Å². The minimum Gasteiger partial charge on any atom is -0.352 e. The zero-order valence-corrected chi connectivity index (χ0v) is 18.6. The van der Waals surface area contributed by atoms with Gasteiger partial charge in [-0.3, -0.25) is 14.9 Å². The number of benzene rings is 1. The van der Waals surface area contributed by atoms with Gasteiger partial charge in [-0.15, -0.1) is 11.3 Å². The number of amides is 2. The number of imide groups is 1. The summed E-state index contributed by atoms with van der Waals surface area (Å²) in [6.07, 6.45) is 5.45. The van der Waals surface area contributed by atoms with Crippen LogP contribution in [0.15, 0.2) is 54.4 Å². The number of fused-ring (bicyclic) bond motifs is 3. The maximum atomic E-state index is 13.1. The van der Waals surface area contributed by atoms with Gasteiger partial charge in [0.2, 0.25) is 5.95 Å². The number of aromatic amines is 1. The van der Waals surface area contributed by atoms with Crippen LogP contribution in [0.1, 0.15) is 17.0 Å². The SMILES string of the molecule is O=C1NC(=O)C(c2c[nH]c3sccc23)=C1c1nc(N2CCn3cncc3C2)nc2ccccc12. The van der Waals surface area contributed by atoms with Crippen LogP contribution in [0.3, 0.4) is 0 Å². The average molecular weight is 468 g/mol. The highest BCUT2D eigenvalue weighted by atomic mass is 32.1. The maximum absolute atomic E-state index is 13.1. The van der Waals surface area contributed by atoms with E-state index >= 15 is 0 Å². The van der Waals surface area contributed by atoms with Gasteiger partial charge in [-0.2, -0.15) is 0 Å². The number of imidazole rings is 1. The van der Waals surface area contributed by atoms with Gasteiger partial charge in [-0.1, -0.05) is 18.2 Å². The Labute approximate surface area is 196 Å². The largest absolute Gasteiger partial charge is 0.352 e. The molecule has 0 atom stereocenters. The summed E-state index contributed by atoms with van der Waals surface area (Å²) in [6.45, 7) is 2.10. The van der Waals surface area contributed by atoms with Crippen molar-refractivity contribution in [2.24, 2.45) is 0 Å². The van der Waals surface area contributed by atoms with Gasteiger partial charge in [0.1, 0.15) is 4.83 Å². The van der Waals surface area contributed by atoms with E-state index in [-0.39, 0.29) is 5.57 Å². The summed E-state index contributed by atoms with van der Waals surface area (Å²) >= 11 is 1.55. The van der Waals surface area contributed by atoms with Gasteiger partial charge in [0.05, 0.1) is 40.9 Å². The van der Waals surface area contributed by atoms with Crippen molar-refractivity contribution in [3.63, 3.8) is 0 Å². The van der Waals surface area contributed by atoms with Gasteiger partial charge in [0.25, 0.3) is 11.8 Å². The highest BCUT2D eigenvalue weighted by Crippen LogP contribution is 2.38. The van der Waals surface area contributed by atoms with Crippen molar-refractivity contribution in [2.45, 2.75) is 13.1 Å². The molecule has 4 aromatic heterocycles. The first kappa shape index (κ1) is 19.2. The molecule has 0 aliphatic carbocycles. The standard InChI is InChI=1S/C24H17N7O2S/c32-21-18(16-10-26-23-14(16)5-8-34-23)19(22(33)29-21)20-15-3-1-2-4-17(15)27-24(28-20)30-6-7-31-12-25-9-13(31)11-30/h1-5,8-10,12,26H,6-7,11H2,(H,29,32,33). The van der Waals surface area contributed by atoms with Crippen molar-refractivity contribution >= 4 is 61.4 Å². The van der Waals surface area contributed by atoms with Crippen molar-refractivity contribution in [1.82, 2.24) is 29.8 Å². The fourth-order valence-electron chi connectivity index (χ4n) is 4.74. The molecule has 166 valence electrons. The molecule has 34 heavy (non-hydrogen) atoms. The number of carbonyl (C=O) groups is 2. The van der Waals surface area contributed by atoms with E-state index in [1.165, 1.54) is 0 Å². The molecular formula is C24H17N7O2S. The summed E-state index contributed by atoms with van der Waals surface area (Å²) in [4.78, 5) is 46.3. The number of anilines is 1. The van der Waals surface area contributed by atoms with E-state index in [9.17, 15) is 9.59 Å². The van der Waals surface area contributed by atoms with Crippen molar-refractivity contribution in [3.8, 4) is 0 Å². The molecule has 0 spiro atoms. The first-order valence-corrected chi connectivity index (χ1v) is 11.7. The predicted molar refractivity (Wildman–Crippen MR) is 129 cm³/mol. The molecular weight excluding hydrogens is 450 g/mol. The lowest BCUT2D eigenvalue weighted by Gasteiger charge is -2.28. The second-order valence-corrected chi connectivity index (χ2v) is 9.20. The molecule has 9 nitrogen and oxygen atoms in total. The van der Waals surface area contributed by atoms with Crippen molar-refractivity contribution < 1.29 is 9.59 Å². The Hall–Kier alpha value is -4.31. The minimum absolute atomic E-state index is 0.277. The summed E-state index contributed by atoms with van der Waals surface area (Å²) in [5.41, 5.74) is 3.56. The number of thiophene rings is 1. The Morgan fingerprint density at radius 2 is 1.85 bits per heavy atom. The Bertz CT molecular complexity index is 1670. The van der Waals surface area contributed by atoms with Crippen LogP contribution in [0, 0.1) is 0 Å². The van der Waals surface area contributed by atoms with E-state index < -0.39 is 11.8 Å². The Kier molecular flexibility index (Phi) is 4.00. The highest BCUT2D eigenvalue weighted by Gasteiger charge is 2.36. The highest BCUT2D eigenvalue weighted by molar-refractivity contribution is 7.16. The molecule has 7 rings (SSSR count). The minimum atomic E-state index is -0.448. The quantitative estimate of drug-likeness (QED) is 0.395. The molecule has 0 saturated carbocycles. The number of nitrogens with zero attached hydrogens (tertiary/aromatic N) is 5. The summed E-state index contributed by atoms with van der Waals surface area (Å²) in [7, 11) is 0. The van der Waals surface area contributed by atoms with Crippen LogP contribution in [0.2, 0.25) is 0 Å². The van der Waals surface area contributed by atoms with Crippen LogP contribution in [0.5, 0.6) is 0 Å². The molecule has 6 heterocycles. The average Bonchev–Trinajstić information content (AvgIpc) is 3.62. The zero-order chi connectivity index (χ0) is 22.8. The fraction of sp³-hybridized carbons (Fsp3) is 0.125. The molecule has 2 N–H and O–H groups in total. The van der Waals surface area contributed by atoms with Gasteiger partial charge < -0.3 is 14.5 Å². The van der Waals surface area contributed by atoms with Crippen LogP contribution in [-0.2, 0) is 22.7 Å². The first-order valence-electron chi connectivity index (χ1n) is 10.8. The number of nitrogens with one attached hydrogen (secondary N) is 2. The Morgan fingerprint density at radius 3 is 2.79 bits per heavy atom. The number of aromatic nitrogens is 5. The molecule has 0 bridgehead atoms. The van der Waals surface area contributed by atoms with Gasteiger partial charge in [-0.25, -0.2) is 15.0 Å². The normalized spacial score (nSPS) is 16.1. The predicted octanol–water partition coefficient (Wildman–Crippen LogP) is 2.96. The summed E-state index contributed by atoms with van der Waals surface area (Å²) in [6, 6.07) is 9.53. The van der Waals surface area contributed by atoms with Crippen LogP contribution in [0.4, 0.5) is 5.95 Å². The molecule has 2 amide bonds. The molecule has 0 saturated heterocycles. The van der Waals surface area contributed by atoms with Crippen LogP contribution in [-0.4, -0.2) is 42.9 Å². The lowest BCUT2D eigenvalue weighted by atomic mass is 9.97. The second kappa shape index (κ2) is 7.09. The summed E-state index contributed by atoms with van der Waals surface area (Å²) < 4.78 is 2.11. The number of carbonyl (C=O) groups excluding carboxylic acids is 2. The van der Waals surface area contributed by atoms with Crippen LogP contribution >= 0.6 is 11.3 Å². The third kappa shape index (κ3) is 2.75. The van der Waals surface area contributed by atoms with E-state index in [1.807, 2.05) is 48.2 Å². The van der Waals surface area contributed by atoms with E-state index in [0.29, 0.717) is 35.9 Å². The molecule has 10 heteroatoms. The molecule has 5 aromatic rings. The lowest BCUT2D eigenvalue weighted by molar-refractivity contribution is -0.122.